The van der Waals surface area contributed by atoms with Crippen LogP contribution in [0.2, 0.25) is 0 Å². The third-order valence-electron chi connectivity index (χ3n) is 12.3. The maximum absolute atomic E-state index is 5.16. The summed E-state index contributed by atoms with van der Waals surface area (Å²) in [6, 6.07) is 76.6. The van der Waals surface area contributed by atoms with Gasteiger partial charge >= 0.3 is 0 Å². The van der Waals surface area contributed by atoms with Gasteiger partial charge in [-0.15, -0.1) is 0 Å². The van der Waals surface area contributed by atoms with Crippen LogP contribution in [0.4, 0.5) is 0 Å². The van der Waals surface area contributed by atoms with Gasteiger partial charge in [0.1, 0.15) is 0 Å². The average molecular weight is 750 g/mol. The van der Waals surface area contributed by atoms with Gasteiger partial charge < -0.3 is 0 Å². The van der Waals surface area contributed by atoms with Crippen LogP contribution in [-0.4, -0.2) is 15.0 Å². The molecular formula is C56H35N3. The molecule has 10 aromatic carbocycles. The molecule has 0 spiro atoms. The topological polar surface area (TPSA) is 38.7 Å². The number of nitrogens with zero attached hydrogens (tertiary/aromatic N) is 3. The van der Waals surface area contributed by atoms with Gasteiger partial charge in [0, 0.05) is 16.7 Å². The normalized spacial score (nSPS) is 12.9. The van der Waals surface area contributed by atoms with Crippen molar-refractivity contribution in [1.29, 1.82) is 0 Å². The van der Waals surface area contributed by atoms with E-state index in [1.54, 1.807) is 0 Å². The molecule has 12 rings (SSSR count). The van der Waals surface area contributed by atoms with Crippen molar-refractivity contribution in [2.24, 2.45) is 0 Å². The van der Waals surface area contributed by atoms with Crippen molar-refractivity contribution in [2.75, 3.05) is 0 Å². The Hall–Kier alpha value is -7.75. The minimum absolute atomic E-state index is 0.624. The Morgan fingerprint density at radius 1 is 0.288 bits per heavy atom. The minimum Gasteiger partial charge on any atom is -0.208 e. The van der Waals surface area contributed by atoms with E-state index in [9.17, 15) is 0 Å². The molecule has 3 nitrogen and oxygen atoms in total. The molecule has 0 fully saturated rings. The van der Waals surface area contributed by atoms with Gasteiger partial charge in [0.25, 0.3) is 0 Å². The predicted molar refractivity (Wildman–Crippen MR) is 243 cm³/mol. The quantitative estimate of drug-likeness (QED) is 0.159. The molecule has 1 aromatic heterocycles. The Morgan fingerprint density at radius 3 is 1.27 bits per heavy atom. The zero-order chi connectivity index (χ0) is 38.9. The molecule has 11 aromatic rings. The lowest BCUT2D eigenvalue weighted by Crippen LogP contribution is -2.28. The van der Waals surface area contributed by atoms with Crippen LogP contribution in [0.3, 0.4) is 0 Å². The Labute approximate surface area is 342 Å². The van der Waals surface area contributed by atoms with Crippen LogP contribution in [0, 0.1) is 0 Å². The molecule has 0 saturated heterocycles. The lowest BCUT2D eigenvalue weighted by atomic mass is 9.67. The van der Waals surface area contributed by atoms with Crippen molar-refractivity contribution >= 4 is 32.3 Å². The highest BCUT2D eigenvalue weighted by Crippen LogP contribution is 2.57. The van der Waals surface area contributed by atoms with E-state index in [1.807, 2.05) is 36.4 Å². The van der Waals surface area contributed by atoms with Crippen molar-refractivity contribution in [3.8, 4) is 56.4 Å². The Bertz CT molecular complexity index is 3250. The fraction of sp³-hybridized carbons (Fsp3) is 0.0179. The minimum atomic E-state index is -0.624. The largest absolute Gasteiger partial charge is 0.208 e. The number of aromatic nitrogens is 3. The van der Waals surface area contributed by atoms with Gasteiger partial charge in [0.05, 0.1) is 5.41 Å². The number of hydrogen-bond acceptors (Lipinski definition) is 3. The van der Waals surface area contributed by atoms with Crippen molar-refractivity contribution in [3.63, 3.8) is 0 Å². The molecule has 1 aliphatic rings. The SMILES string of the molecule is c1ccc(-c2nc(-c3ccccc3)nc(-c3ccc4c(c3)C(c3ccccc3)(c3ccccc3)c3cc(-c5ccc6ccc7cccc8ccc5c6c78)ccc3-4)n2)cc1. The van der Waals surface area contributed by atoms with E-state index in [2.05, 4.69) is 176 Å². The summed E-state index contributed by atoms with van der Waals surface area (Å²) >= 11 is 0. The van der Waals surface area contributed by atoms with Crippen LogP contribution in [0.5, 0.6) is 0 Å². The van der Waals surface area contributed by atoms with Crippen LogP contribution in [0.25, 0.3) is 88.7 Å². The van der Waals surface area contributed by atoms with Crippen LogP contribution >= 0.6 is 0 Å². The molecule has 0 radical (unpaired) electrons. The summed E-state index contributed by atoms with van der Waals surface area (Å²) in [5.74, 6) is 1.93. The summed E-state index contributed by atoms with van der Waals surface area (Å²) in [5.41, 5.74) is 12.0. The van der Waals surface area contributed by atoms with Crippen LogP contribution in [-0.2, 0) is 5.41 Å². The molecule has 0 aliphatic heterocycles. The summed E-state index contributed by atoms with van der Waals surface area (Å²) in [5, 5.41) is 7.74. The summed E-state index contributed by atoms with van der Waals surface area (Å²) in [4.78, 5) is 15.3. The Balaban J connectivity index is 1.11. The Morgan fingerprint density at radius 2 is 0.712 bits per heavy atom. The maximum Gasteiger partial charge on any atom is 0.164 e. The molecule has 0 bridgehead atoms. The zero-order valence-corrected chi connectivity index (χ0v) is 32.0. The fourth-order valence-corrected chi connectivity index (χ4v) is 9.72. The van der Waals surface area contributed by atoms with E-state index >= 15 is 0 Å². The third-order valence-corrected chi connectivity index (χ3v) is 12.3. The first-order valence-electron chi connectivity index (χ1n) is 20.2. The number of fused-ring (bicyclic) bond motifs is 3. The second-order valence-electron chi connectivity index (χ2n) is 15.5. The molecule has 0 unspecified atom stereocenters. The predicted octanol–water partition coefficient (Wildman–Crippen LogP) is 13.8. The molecule has 274 valence electrons. The van der Waals surface area contributed by atoms with Crippen molar-refractivity contribution in [1.82, 2.24) is 15.0 Å². The summed E-state index contributed by atoms with van der Waals surface area (Å²) in [6.07, 6.45) is 0. The molecule has 1 heterocycles. The number of benzene rings is 10. The van der Waals surface area contributed by atoms with Gasteiger partial charge in [0.2, 0.25) is 0 Å². The molecular weight excluding hydrogens is 715 g/mol. The summed E-state index contributed by atoms with van der Waals surface area (Å²) in [6.45, 7) is 0. The second kappa shape index (κ2) is 13.2. The zero-order valence-electron chi connectivity index (χ0n) is 32.0. The highest BCUT2D eigenvalue weighted by Gasteiger charge is 2.46. The number of rotatable bonds is 6. The fourth-order valence-electron chi connectivity index (χ4n) is 9.72. The van der Waals surface area contributed by atoms with E-state index in [0.717, 1.165) is 16.7 Å². The molecule has 0 amide bonds. The van der Waals surface area contributed by atoms with Crippen LogP contribution < -0.4 is 0 Å². The first-order chi connectivity index (χ1) is 29.2. The molecule has 0 saturated carbocycles. The highest BCUT2D eigenvalue weighted by atomic mass is 15.0. The first kappa shape index (κ1) is 33.4. The smallest absolute Gasteiger partial charge is 0.164 e. The van der Waals surface area contributed by atoms with E-state index in [4.69, 9.17) is 15.0 Å². The van der Waals surface area contributed by atoms with Crippen molar-refractivity contribution in [3.05, 3.63) is 235 Å². The van der Waals surface area contributed by atoms with E-state index in [-0.39, 0.29) is 0 Å². The molecule has 0 atom stereocenters. The van der Waals surface area contributed by atoms with Gasteiger partial charge in [-0.1, -0.05) is 200 Å². The lowest BCUT2D eigenvalue weighted by molar-refractivity contribution is 0.769. The first-order valence-corrected chi connectivity index (χ1v) is 20.2. The Kier molecular flexibility index (Phi) is 7.45. The van der Waals surface area contributed by atoms with Crippen molar-refractivity contribution in [2.45, 2.75) is 5.41 Å². The van der Waals surface area contributed by atoms with Gasteiger partial charge in [-0.3, -0.25) is 0 Å². The van der Waals surface area contributed by atoms with Gasteiger partial charge in [-0.25, -0.2) is 15.0 Å². The number of hydrogen-bond donors (Lipinski definition) is 0. The highest BCUT2D eigenvalue weighted by molar-refractivity contribution is 6.25. The van der Waals surface area contributed by atoms with E-state index in [1.165, 1.54) is 76.8 Å². The summed E-state index contributed by atoms with van der Waals surface area (Å²) in [7, 11) is 0. The third kappa shape index (κ3) is 5.11. The second-order valence-corrected chi connectivity index (χ2v) is 15.5. The average Bonchev–Trinajstić information content (AvgIpc) is 3.61. The van der Waals surface area contributed by atoms with E-state index in [0.29, 0.717) is 17.5 Å². The van der Waals surface area contributed by atoms with Gasteiger partial charge in [-0.05, 0) is 89.0 Å². The van der Waals surface area contributed by atoms with Crippen LogP contribution in [0.15, 0.2) is 212 Å². The van der Waals surface area contributed by atoms with Gasteiger partial charge in [-0.2, -0.15) is 0 Å². The molecule has 59 heavy (non-hydrogen) atoms. The summed E-state index contributed by atoms with van der Waals surface area (Å²) < 4.78 is 0. The molecule has 3 heteroatoms. The lowest BCUT2D eigenvalue weighted by Gasteiger charge is -2.34. The molecule has 1 aliphatic carbocycles. The maximum atomic E-state index is 5.16. The standard InChI is InChI=1S/C56H35N3/c1-5-14-39(15-6-1)53-57-54(40-16-7-2-8-17-40)59-55(58-53)42-29-32-47-46-31-28-41(45-30-26-38-25-24-36-18-13-19-37-27-33-48(45)52(38)51(36)37)34-49(46)56(50(47)35-42,43-20-9-3-10-21-43)44-22-11-4-12-23-44/h1-35H. The van der Waals surface area contributed by atoms with Crippen LogP contribution in [0.1, 0.15) is 22.3 Å². The monoisotopic (exact) mass is 749 g/mol. The van der Waals surface area contributed by atoms with Gasteiger partial charge in [0.15, 0.2) is 17.5 Å². The molecule has 0 N–H and O–H groups in total. The van der Waals surface area contributed by atoms with E-state index < -0.39 is 5.41 Å². The van der Waals surface area contributed by atoms with Crippen molar-refractivity contribution < 1.29 is 0 Å².